The van der Waals surface area contributed by atoms with Crippen molar-refractivity contribution in [2.45, 2.75) is 144 Å². The molecule has 2 aromatic rings. The van der Waals surface area contributed by atoms with E-state index >= 15 is 0 Å². The first-order chi connectivity index (χ1) is 18.9. The summed E-state index contributed by atoms with van der Waals surface area (Å²) in [6.07, 6.45) is 11.5. The molecular formula is C35H54O4. The highest BCUT2D eigenvalue weighted by Crippen LogP contribution is 2.31. The Balaban J connectivity index is 2.33. The first-order valence-electron chi connectivity index (χ1n) is 15.7. The number of hydrogen-bond acceptors (Lipinski definition) is 4. The van der Waals surface area contributed by atoms with Crippen molar-refractivity contribution >= 4 is 5.78 Å². The van der Waals surface area contributed by atoms with Gasteiger partial charge in [0, 0.05) is 6.42 Å². The van der Waals surface area contributed by atoms with E-state index in [1.54, 1.807) is 0 Å². The van der Waals surface area contributed by atoms with Gasteiger partial charge < -0.3 is 14.2 Å². The van der Waals surface area contributed by atoms with Crippen molar-refractivity contribution in [2.24, 2.45) is 0 Å². The second-order valence-corrected chi connectivity index (χ2v) is 10.7. The topological polar surface area (TPSA) is 44.8 Å². The van der Waals surface area contributed by atoms with E-state index in [2.05, 4.69) is 66.7 Å². The van der Waals surface area contributed by atoms with Gasteiger partial charge in [0.15, 0.2) is 5.78 Å². The van der Waals surface area contributed by atoms with E-state index in [4.69, 9.17) is 14.2 Å². The van der Waals surface area contributed by atoms with Crippen molar-refractivity contribution in [3.63, 3.8) is 0 Å². The minimum Gasteiger partial charge on any atom is -0.490 e. The van der Waals surface area contributed by atoms with E-state index in [1.165, 1.54) is 5.56 Å². The van der Waals surface area contributed by atoms with Crippen molar-refractivity contribution in [3.8, 4) is 17.2 Å². The van der Waals surface area contributed by atoms with Crippen LogP contribution in [0.2, 0.25) is 0 Å². The summed E-state index contributed by atoms with van der Waals surface area (Å²) in [5.74, 6) is 2.41. The van der Waals surface area contributed by atoms with Gasteiger partial charge >= 0.3 is 0 Å². The number of hydrogen-bond donors (Lipinski definition) is 0. The Morgan fingerprint density at radius 2 is 1.21 bits per heavy atom. The Morgan fingerprint density at radius 1 is 0.667 bits per heavy atom. The maximum Gasteiger partial charge on any atom is 0.167 e. The highest BCUT2D eigenvalue weighted by Gasteiger charge is 2.20. The fourth-order valence-corrected chi connectivity index (χ4v) is 5.01. The fourth-order valence-electron chi connectivity index (χ4n) is 5.01. The van der Waals surface area contributed by atoms with Gasteiger partial charge in [0.1, 0.15) is 17.2 Å². The van der Waals surface area contributed by atoms with Crippen molar-refractivity contribution in [1.29, 1.82) is 0 Å². The Labute approximate surface area is 238 Å². The number of Topliss-reactive ketones (excluding diaryl/α,β-unsaturated/α-hetero) is 1. The number of carbonyl (C=O) groups excluding carboxylic acids is 1. The zero-order chi connectivity index (χ0) is 28.6. The Bertz CT molecular complexity index is 983. The molecule has 0 saturated carbocycles. The molecule has 0 N–H and O–H groups in total. The molecule has 0 saturated heterocycles. The molecule has 0 spiro atoms. The maximum atomic E-state index is 13.8. The first-order valence-corrected chi connectivity index (χ1v) is 15.7. The molecule has 2 aromatic carbocycles. The highest BCUT2D eigenvalue weighted by atomic mass is 16.5. The molecule has 0 heterocycles. The largest absolute Gasteiger partial charge is 0.490 e. The van der Waals surface area contributed by atoms with Gasteiger partial charge in [-0.05, 0) is 86.8 Å². The molecule has 0 amide bonds. The monoisotopic (exact) mass is 538 g/mol. The van der Waals surface area contributed by atoms with E-state index < -0.39 is 0 Å². The minimum absolute atomic E-state index is 0.0822. The molecule has 4 heteroatoms. The third-order valence-corrected chi connectivity index (χ3v) is 7.49. The van der Waals surface area contributed by atoms with Gasteiger partial charge in [0.05, 0.1) is 23.9 Å². The number of ketones is 1. The fraction of sp³-hybridized carbons (Fsp3) is 0.629. The predicted molar refractivity (Wildman–Crippen MR) is 164 cm³/mol. The molecule has 4 nitrogen and oxygen atoms in total. The summed E-state index contributed by atoms with van der Waals surface area (Å²) < 4.78 is 19.1. The lowest BCUT2D eigenvalue weighted by Gasteiger charge is -2.22. The van der Waals surface area contributed by atoms with Crippen LogP contribution in [0.15, 0.2) is 36.4 Å². The van der Waals surface area contributed by atoms with Gasteiger partial charge in [0.2, 0.25) is 0 Å². The second-order valence-electron chi connectivity index (χ2n) is 10.7. The first kappa shape index (κ1) is 32.7. The number of ether oxygens (including phenoxy) is 3. The molecular weight excluding hydrogens is 484 g/mol. The second kappa shape index (κ2) is 18.0. The summed E-state index contributed by atoms with van der Waals surface area (Å²) >= 11 is 0. The van der Waals surface area contributed by atoms with Crippen LogP contribution in [0.5, 0.6) is 17.2 Å². The minimum atomic E-state index is 0.0822. The molecule has 3 atom stereocenters. The van der Waals surface area contributed by atoms with Crippen LogP contribution in [-0.4, -0.2) is 24.1 Å². The summed E-state index contributed by atoms with van der Waals surface area (Å²) in [5, 5.41) is 0. The van der Waals surface area contributed by atoms with Gasteiger partial charge in [-0.1, -0.05) is 79.9 Å². The summed E-state index contributed by atoms with van der Waals surface area (Å²) in [4.78, 5) is 13.8. The smallest absolute Gasteiger partial charge is 0.167 e. The highest BCUT2D eigenvalue weighted by molar-refractivity contribution is 5.99. The van der Waals surface area contributed by atoms with Crippen molar-refractivity contribution in [1.82, 2.24) is 0 Å². The molecule has 0 aliphatic carbocycles. The molecule has 0 fully saturated rings. The van der Waals surface area contributed by atoms with Crippen LogP contribution < -0.4 is 14.2 Å². The van der Waals surface area contributed by atoms with Crippen molar-refractivity contribution in [3.05, 3.63) is 53.1 Å². The molecule has 218 valence electrons. The zero-order valence-corrected chi connectivity index (χ0v) is 25.8. The third kappa shape index (κ3) is 10.5. The van der Waals surface area contributed by atoms with Crippen LogP contribution >= 0.6 is 0 Å². The number of carbonyl (C=O) groups is 1. The SMILES string of the molecule is CCCC(CC)Oc1ccc(OC(CC)CCC)c(C(=O)CCc2cc(CC)ccc2OC(CC)CCC)c1. The third-order valence-electron chi connectivity index (χ3n) is 7.49. The number of benzene rings is 2. The van der Waals surface area contributed by atoms with Gasteiger partial charge in [-0.3, -0.25) is 4.79 Å². The van der Waals surface area contributed by atoms with E-state index in [0.29, 0.717) is 24.2 Å². The summed E-state index contributed by atoms with van der Waals surface area (Å²) in [7, 11) is 0. The van der Waals surface area contributed by atoms with Gasteiger partial charge in [-0.15, -0.1) is 0 Å². The molecule has 39 heavy (non-hydrogen) atoms. The molecule has 0 radical (unpaired) electrons. The van der Waals surface area contributed by atoms with Gasteiger partial charge in [-0.25, -0.2) is 0 Å². The van der Waals surface area contributed by atoms with Gasteiger partial charge in [0.25, 0.3) is 0 Å². The Hall–Kier alpha value is -2.49. The molecule has 0 bridgehead atoms. The van der Waals surface area contributed by atoms with Crippen LogP contribution in [0.25, 0.3) is 0 Å². The summed E-state index contributed by atoms with van der Waals surface area (Å²) in [6, 6.07) is 12.2. The molecule has 3 unspecified atom stereocenters. The van der Waals surface area contributed by atoms with Crippen LogP contribution in [0.4, 0.5) is 0 Å². The number of aryl methyl sites for hydroxylation is 2. The van der Waals surface area contributed by atoms with E-state index in [1.807, 2.05) is 18.2 Å². The average molecular weight is 539 g/mol. The van der Waals surface area contributed by atoms with Crippen LogP contribution in [-0.2, 0) is 12.8 Å². The van der Waals surface area contributed by atoms with Gasteiger partial charge in [-0.2, -0.15) is 0 Å². The number of rotatable bonds is 20. The maximum absolute atomic E-state index is 13.8. The molecule has 0 aliphatic rings. The lowest BCUT2D eigenvalue weighted by molar-refractivity contribution is 0.0972. The standard InChI is InChI=1S/C35H54O4/c1-8-15-28(12-5)37-31-20-23-35(39-30(14-7)17-10-3)32(25-31)33(36)21-19-27-24-26(11-4)18-22-34(27)38-29(13-6)16-9-2/h18,20,22-25,28-30H,8-17,19,21H2,1-7H3. The Morgan fingerprint density at radius 3 is 1.74 bits per heavy atom. The van der Waals surface area contributed by atoms with Crippen LogP contribution in [0.3, 0.4) is 0 Å². The average Bonchev–Trinajstić information content (AvgIpc) is 2.96. The van der Waals surface area contributed by atoms with Crippen molar-refractivity contribution < 1.29 is 19.0 Å². The molecule has 2 rings (SSSR count). The van der Waals surface area contributed by atoms with Crippen LogP contribution in [0.1, 0.15) is 134 Å². The van der Waals surface area contributed by atoms with Crippen LogP contribution in [0, 0.1) is 0 Å². The lowest BCUT2D eigenvalue weighted by Crippen LogP contribution is -2.18. The molecule has 0 aliphatic heterocycles. The quantitative estimate of drug-likeness (QED) is 0.157. The van der Waals surface area contributed by atoms with E-state index in [9.17, 15) is 4.79 Å². The van der Waals surface area contributed by atoms with E-state index in [0.717, 1.165) is 81.3 Å². The van der Waals surface area contributed by atoms with Crippen molar-refractivity contribution in [2.75, 3.05) is 0 Å². The lowest BCUT2D eigenvalue weighted by atomic mass is 9.99. The summed E-state index contributed by atoms with van der Waals surface area (Å²) in [5.41, 5.74) is 3.00. The summed E-state index contributed by atoms with van der Waals surface area (Å²) in [6.45, 7) is 15.2. The zero-order valence-electron chi connectivity index (χ0n) is 25.8. The molecule has 0 aromatic heterocycles. The normalized spacial score (nSPS) is 13.5. The predicted octanol–water partition coefficient (Wildman–Crippen LogP) is 9.94. The Kier molecular flexibility index (Phi) is 15.1. The van der Waals surface area contributed by atoms with E-state index in [-0.39, 0.29) is 24.1 Å².